The normalized spacial score (nSPS) is 36.9. The van der Waals surface area contributed by atoms with Gasteiger partial charge in [-0.2, -0.15) is 5.26 Å². The zero-order chi connectivity index (χ0) is 12.6. The van der Waals surface area contributed by atoms with Gasteiger partial charge in [0.2, 0.25) is 0 Å². The number of nitriles is 1. The van der Waals surface area contributed by atoms with Crippen molar-refractivity contribution in [3.05, 3.63) is 0 Å². The van der Waals surface area contributed by atoms with E-state index in [9.17, 15) is 9.90 Å². The summed E-state index contributed by atoms with van der Waals surface area (Å²) in [6.07, 6.45) is 2.05. The van der Waals surface area contributed by atoms with Gasteiger partial charge in [-0.15, -0.1) is 0 Å². The maximum absolute atomic E-state index is 11.7. The Bertz CT molecular complexity index is 345. The lowest BCUT2D eigenvalue weighted by Gasteiger charge is -2.38. The van der Waals surface area contributed by atoms with Crippen LogP contribution >= 0.6 is 0 Å². The Labute approximate surface area is 96.2 Å². The molecule has 0 radical (unpaired) electrons. The minimum absolute atomic E-state index is 0.395. The number of carbonyl (C=O) groups is 1. The van der Waals surface area contributed by atoms with Crippen LogP contribution < -0.4 is 0 Å². The van der Waals surface area contributed by atoms with Crippen molar-refractivity contribution in [1.29, 1.82) is 5.26 Å². The van der Waals surface area contributed by atoms with Crippen molar-refractivity contribution in [2.75, 3.05) is 0 Å². The van der Waals surface area contributed by atoms with Crippen LogP contribution in [0, 0.1) is 16.7 Å². The fourth-order valence-corrected chi connectivity index (χ4v) is 2.31. The number of ether oxygens (including phenoxy) is 1. The maximum atomic E-state index is 11.7. The van der Waals surface area contributed by atoms with Gasteiger partial charge in [0.15, 0.2) is 5.41 Å². The van der Waals surface area contributed by atoms with Gasteiger partial charge in [0.1, 0.15) is 11.2 Å². The third-order valence-electron chi connectivity index (χ3n) is 3.70. The third kappa shape index (κ3) is 1.42. The van der Waals surface area contributed by atoms with Crippen LogP contribution in [-0.2, 0) is 9.53 Å². The van der Waals surface area contributed by atoms with Gasteiger partial charge < -0.3 is 9.84 Å². The third-order valence-corrected chi connectivity index (χ3v) is 3.70. The van der Waals surface area contributed by atoms with Gasteiger partial charge in [-0.05, 0) is 27.2 Å². The van der Waals surface area contributed by atoms with Crippen molar-refractivity contribution in [3.63, 3.8) is 0 Å². The molecule has 1 saturated heterocycles. The Morgan fingerprint density at radius 3 is 2.44 bits per heavy atom. The number of cyclic esters (lactones) is 1. The highest BCUT2D eigenvalue weighted by molar-refractivity contribution is 5.84. The molecule has 0 aromatic carbocycles. The first kappa shape index (κ1) is 13.0. The van der Waals surface area contributed by atoms with Gasteiger partial charge in [0, 0.05) is 0 Å². The van der Waals surface area contributed by atoms with E-state index in [1.54, 1.807) is 13.8 Å². The predicted molar refractivity (Wildman–Crippen MR) is 58.4 cm³/mol. The molecule has 1 rings (SSSR count). The minimum atomic E-state index is -1.47. The van der Waals surface area contributed by atoms with Crippen LogP contribution in [0.2, 0.25) is 0 Å². The van der Waals surface area contributed by atoms with Gasteiger partial charge in [-0.25, -0.2) is 0 Å². The Morgan fingerprint density at radius 2 is 2.00 bits per heavy atom. The van der Waals surface area contributed by atoms with Crippen molar-refractivity contribution >= 4 is 5.97 Å². The predicted octanol–water partition coefficient (Wildman–Crippen LogP) is 1.77. The molecule has 90 valence electrons. The lowest BCUT2D eigenvalue weighted by atomic mass is 9.66. The molecule has 1 aliphatic heterocycles. The Kier molecular flexibility index (Phi) is 3.04. The lowest BCUT2D eigenvalue weighted by molar-refractivity contribution is -0.152. The Morgan fingerprint density at radius 1 is 1.44 bits per heavy atom. The van der Waals surface area contributed by atoms with E-state index in [0.29, 0.717) is 6.42 Å². The zero-order valence-corrected chi connectivity index (χ0v) is 10.3. The summed E-state index contributed by atoms with van der Waals surface area (Å²) in [7, 11) is 0. The number of carbonyl (C=O) groups excluding carboxylic acids is 1. The van der Waals surface area contributed by atoms with Crippen LogP contribution in [0.3, 0.4) is 0 Å². The molecular weight excluding hydrogens is 206 g/mol. The molecule has 2 atom stereocenters. The van der Waals surface area contributed by atoms with Gasteiger partial charge in [-0.3, -0.25) is 4.79 Å². The maximum Gasteiger partial charge on any atom is 0.330 e. The summed E-state index contributed by atoms with van der Waals surface area (Å²) >= 11 is 0. The monoisotopic (exact) mass is 225 g/mol. The Balaban J connectivity index is 3.19. The fourth-order valence-electron chi connectivity index (χ4n) is 2.31. The first-order valence-corrected chi connectivity index (χ1v) is 5.62. The average Bonchev–Trinajstić information content (AvgIpc) is 2.35. The van der Waals surface area contributed by atoms with Crippen LogP contribution in [0.4, 0.5) is 0 Å². The first-order chi connectivity index (χ1) is 7.25. The summed E-state index contributed by atoms with van der Waals surface area (Å²) in [5.74, 6) is -0.626. The van der Waals surface area contributed by atoms with Gasteiger partial charge in [0.05, 0.1) is 6.07 Å². The summed E-state index contributed by atoms with van der Waals surface area (Å²) in [6.45, 7) is 6.77. The zero-order valence-electron chi connectivity index (χ0n) is 10.3. The summed E-state index contributed by atoms with van der Waals surface area (Å²) in [5, 5.41) is 19.8. The first-order valence-electron chi connectivity index (χ1n) is 5.62. The SMILES string of the molecule is CCCCC1(O)C(C)(C)OC(=O)C1(C)C#N. The van der Waals surface area contributed by atoms with Crippen molar-refractivity contribution in [1.82, 2.24) is 0 Å². The minimum Gasteiger partial charge on any atom is -0.455 e. The molecule has 0 aromatic heterocycles. The van der Waals surface area contributed by atoms with Crippen LogP contribution in [0.1, 0.15) is 47.0 Å². The molecule has 0 amide bonds. The van der Waals surface area contributed by atoms with Crippen LogP contribution in [-0.4, -0.2) is 22.3 Å². The highest BCUT2D eigenvalue weighted by atomic mass is 16.6. The fraction of sp³-hybridized carbons (Fsp3) is 0.833. The molecule has 2 unspecified atom stereocenters. The molecule has 1 heterocycles. The highest BCUT2D eigenvalue weighted by Gasteiger charge is 2.69. The smallest absolute Gasteiger partial charge is 0.330 e. The van der Waals surface area contributed by atoms with E-state index in [1.807, 2.05) is 13.0 Å². The standard InChI is InChI=1S/C12H19NO3/c1-5-6-7-12(15)10(2,3)16-9(14)11(12,4)8-13/h15H,5-7H2,1-4H3. The Hall–Kier alpha value is -1.08. The van der Waals surface area contributed by atoms with E-state index >= 15 is 0 Å². The topological polar surface area (TPSA) is 70.3 Å². The largest absolute Gasteiger partial charge is 0.455 e. The van der Waals surface area contributed by atoms with Crippen LogP contribution in [0.5, 0.6) is 0 Å². The summed E-state index contributed by atoms with van der Waals surface area (Å²) in [6, 6.07) is 1.92. The molecule has 1 fully saturated rings. The lowest BCUT2D eigenvalue weighted by Crippen LogP contribution is -2.55. The van der Waals surface area contributed by atoms with Gasteiger partial charge >= 0.3 is 5.97 Å². The van der Waals surface area contributed by atoms with Crippen LogP contribution in [0.15, 0.2) is 0 Å². The van der Waals surface area contributed by atoms with Crippen molar-refractivity contribution in [2.45, 2.75) is 58.2 Å². The number of unbranched alkanes of at least 4 members (excludes halogenated alkanes) is 1. The van der Waals surface area contributed by atoms with E-state index in [4.69, 9.17) is 10.00 Å². The number of rotatable bonds is 3. The molecule has 0 spiro atoms. The molecule has 0 saturated carbocycles. The van der Waals surface area contributed by atoms with E-state index in [0.717, 1.165) is 12.8 Å². The second-order valence-electron chi connectivity index (χ2n) is 5.10. The highest BCUT2D eigenvalue weighted by Crippen LogP contribution is 2.51. The number of aliphatic hydroxyl groups is 1. The molecule has 0 aliphatic carbocycles. The molecule has 4 heteroatoms. The molecule has 1 aliphatic rings. The molecule has 16 heavy (non-hydrogen) atoms. The van der Waals surface area contributed by atoms with E-state index in [1.165, 1.54) is 6.92 Å². The second-order valence-corrected chi connectivity index (χ2v) is 5.10. The number of esters is 1. The molecule has 0 bridgehead atoms. The molecular formula is C12H19NO3. The van der Waals surface area contributed by atoms with Gasteiger partial charge in [-0.1, -0.05) is 19.8 Å². The summed E-state index contributed by atoms with van der Waals surface area (Å²) in [5.41, 5.74) is -3.89. The van der Waals surface area contributed by atoms with Crippen molar-refractivity contribution in [2.24, 2.45) is 5.41 Å². The van der Waals surface area contributed by atoms with Crippen LogP contribution in [0.25, 0.3) is 0 Å². The summed E-state index contributed by atoms with van der Waals surface area (Å²) in [4.78, 5) is 11.7. The molecule has 0 aromatic rings. The molecule has 4 nitrogen and oxygen atoms in total. The van der Waals surface area contributed by atoms with Crippen molar-refractivity contribution in [3.8, 4) is 6.07 Å². The van der Waals surface area contributed by atoms with Gasteiger partial charge in [0.25, 0.3) is 0 Å². The number of hydrogen-bond donors (Lipinski definition) is 1. The van der Waals surface area contributed by atoms with Crippen molar-refractivity contribution < 1.29 is 14.6 Å². The van der Waals surface area contributed by atoms with E-state index < -0.39 is 22.6 Å². The average molecular weight is 225 g/mol. The molecule has 1 N–H and O–H groups in total. The second kappa shape index (κ2) is 3.74. The number of hydrogen-bond acceptors (Lipinski definition) is 4. The quantitative estimate of drug-likeness (QED) is 0.743. The van der Waals surface area contributed by atoms with E-state index in [-0.39, 0.29) is 0 Å². The van der Waals surface area contributed by atoms with E-state index in [2.05, 4.69) is 0 Å². The number of nitrogens with zero attached hydrogens (tertiary/aromatic N) is 1. The summed E-state index contributed by atoms with van der Waals surface area (Å²) < 4.78 is 5.16.